The highest BCUT2D eigenvalue weighted by atomic mass is 16.5. The lowest BCUT2D eigenvalue weighted by Crippen LogP contribution is -2.21. The predicted octanol–water partition coefficient (Wildman–Crippen LogP) is 7.24. The molecule has 0 heterocycles. The molecule has 0 fully saturated rings. The van der Waals surface area contributed by atoms with Crippen LogP contribution < -0.4 is 0 Å². The predicted molar refractivity (Wildman–Crippen MR) is 142 cm³/mol. The first-order chi connectivity index (χ1) is 16.7. The van der Waals surface area contributed by atoms with Crippen molar-refractivity contribution in [2.45, 2.75) is 160 Å². The molecule has 0 saturated heterocycles. The summed E-state index contributed by atoms with van der Waals surface area (Å²) in [6.45, 7) is -0.125. The summed E-state index contributed by atoms with van der Waals surface area (Å²) in [5.74, 6) is -0.277. The maximum atomic E-state index is 11.5. The first-order valence-corrected chi connectivity index (χ1v) is 14.8. The van der Waals surface area contributed by atoms with Crippen molar-refractivity contribution in [3.8, 4) is 0 Å². The number of unbranched alkanes of at least 4 members (excludes halogenated alkanes) is 22. The second-order valence-electron chi connectivity index (χ2n) is 10.1. The van der Waals surface area contributed by atoms with Crippen LogP contribution in [0.25, 0.3) is 0 Å². The maximum absolute atomic E-state index is 11.5. The Morgan fingerprint density at radius 3 is 1.09 bits per heavy atom. The molecule has 0 aromatic carbocycles. The van der Waals surface area contributed by atoms with Gasteiger partial charge in [0.1, 0.15) is 12.7 Å². The van der Waals surface area contributed by atoms with Crippen molar-refractivity contribution in [3.05, 3.63) is 0 Å². The highest BCUT2D eigenvalue weighted by Crippen LogP contribution is 2.15. The second-order valence-corrected chi connectivity index (χ2v) is 10.1. The van der Waals surface area contributed by atoms with Crippen molar-refractivity contribution in [1.82, 2.24) is 0 Å². The van der Waals surface area contributed by atoms with Gasteiger partial charge in [-0.05, 0) is 12.8 Å². The van der Waals surface area contributed by atoms with Crippen molar-refractivity contribution < 1.29 is 24.9 Å². The molecule has 3 N–H and O–H groups in total. The summed E-state index contributed by atoms with van der Waals surface area (Å²) in [6, 6.07) is 0. The van der Waals surface area contributed by atoms with Gasteiger partial charge < -0.3 is 20.1 Å². The van der Waals surface area contributed by atoms with Gasteiger partial charge in [0, 0.05) is 13.0 Å². The molecule has 0 aliphatic heterocycles. The van der Waals surface area contributed by atoms with Crippen molar-refractivity contribution in [1.29, 1.82) is 0 Å². The number of hydrogen-bond donors (Lipinski definition) is 3. The first kappa shape index (κ1) is 33.4. The molecule has 0 saturated carbocycles. The van der Waals surface area contributed by atoms with Gasteiger partial charge in [-0.25, -0.2) is 0 Å². The standard InChI is InChI=1S/C29H58O5/c30-25-23-21-19-17-15-13-11-9-7-5-3-1-2-4-6-8-10-12-14-16-18-20-22-24-29(33)34-27-28(32)26-31/h28,30-32H,1-27H2/t28-/m1/s1. The molecule has 0 aliphatic rings. The zero-order valence-corrected chi connectivity index (χ0v) is 22.3. The van der Waals surface area contributed by atoms with Gasteiger partial charge >= 0.3 is 5.97 Å². The van der Waals surface area contributed by atoms with E-state index in [0.29, 0.717) is 13.0 Å². The average Bonchev–Trinajstić information content (AvgIpc) is 2.85. The lowest BCUT2D eigenvalue weighted by atomic mass is 10.0. The summed E-state index contributed by atoms with van der Waals surface area (Å²) in [6.07, 6.45) is 29.5. The first-order valence-electron chi connectivity index (χ1n) is 14.8. The van der Waals surface area contributed by atoms with E-state index in [1.165, 1.54) is 128 Å². The van der Waals surface area contributed by atoms with Crippen LogP contribution in [-0.2, 0) is 9.53 Å². The van der Waals surface area contributed by atoms with Crippen LogP contribution in [0.4, 0.5) is 0 Å². The van der Waals surface area contributed by atoms with Gasteiger partial charge in [-0.2, -0.15) is 0 Å². The summed E-state index contributed by atoms with van der Waals surface area (Å²) in [4.78, 5) is 11.5. The Kier molecular flexibility index (Phi) is 28.0. The number of carbonyl (C=O) groups excluding carboxylic acids is 1. The van der Waals surface area contributed by atoms with Crippen LogP contribution in [0.3, 0.4) is 0 Å². The number of carbonyl (C=O) groups is 1. The monoisotopic (exact) mass is 486 g/mol. The molecule has 204 valence electrons. The minimum atomic E-state index is -0.960. The van der Waals surface area contributed by atoms with E-state index in [4.69, 9.17) is 20.1 Å². The molecule has 5 heteroatoms. The molecule has 0 unspecified atom stereocenters. The lowest BCUT2D eigenvalue weighted by molar-refractivity contribution is -0.147. The molecule has 0 aromatic heterocycles. The van der Waals surface area contributed by atoms with Crippen LogP contribution in [0.2, 0.25) is 0 Å². The van der Waals surface area contributed by atoms with Crippen LogP contribution in [0.15, 0.2) is 0 Å². The van der Waals surface area contributed by atoms with Gasteiger partial charge in [0.15, 0.2) is 0 Å². The molecule has 0 radical (unpaired) electrons. The van der Waals surface area contributed by atoms with Crippen molar-refractivity contribution in [2.24, 2.45) is 0 Å². The SMILES string of the molecule is O=C(CCCCCCCCCCCCCCCCCCCCCCCCCO)OC[C@H](O)CO. The van der Waals surface area contributed by atoms with Gasteiger partial charge in [-0.15, -0.1) is 0 Å². The van der Waals surface area contributed by atoms with E-state index >= 15 is 0 Å². The maximum Gasteiger partial charge on any atom is 0.305 e. The van der Waals surface area contributed by atoms with E-state index in [0.717, 1.165) is 19.3 Å². The summed E-state index contributed by atoms with van der Waals surface area (Å²) in [7, 11) is 0. The molecule has 34 heavy (non-hydrogen) atoms. The molecule has 5 nitrogen and oxygen atoms in total. The number of ether oxygens (including phenoxy) is 1. The highest BCUT2D eigenvalue weighted by Gasteiger charge is 2.07. The number of esters is 1. The van der Waals surface area contributed by atoms with Crippen molar-refractivity contribution in [2.75, 3.05) is 19.8 Å². The van der Waals surface area contributed by atoms with E-state index < -0.39 is 6.10 Å². The smallest absolute Gasteiger partial charge is 0.305 e. The van der Waals surface area contributed by atoms with E-state index in [9.17, 15) is 4.79 Å². The lowest BCUT2D eigenvalue weighted by Gasteiger charge is -2.08. The fraction of sp³-hybridized carbons (Fsp3) is 0.966. The second kappa shape index (κ2) is 28.6. The van der Waals surface area contributed by atoms with Gasteiger partial charge in [-0.3, -0.25) is 4.79 Å². The molecule has 0 aromatic rings. The van der Waals surface area contributed by atoms with Crippen molar-refractivity contribution in [3.63, 3.8) is 0 Å². The Morgan fingerprint density at radius 2 is 0.794 bits per heavy atom. The van der Waals surface area contributed by atoms with Crippen molar-refractivity contribution >= 4 is 5.97 Å². The summed E-state index contributed by atoms with van der Waals surface area (Å²) >= 11 is 0. The molecule has 0 bridgehead atoms. The van der Waals surface area contributed by atoms with Gasteiger partial charge in [-0.1, -0.05) is 135 Å². The summed E-state index contributed by atoms with van der Waals surface area (Å²) < 4.78 is 4.89. The van der Waals surface area contributed by atoms with E-state index in [1.54, 1.807) is 0 Å². The Morgan fingerprint density at radius 1 is 0.500 bits per heavy atom. The van der Waals surface area contributed by atoms with Crippen LogP contribution >= 0.6 is 0 Å². The average molecular weight is 487 g/mol. The normalized spacial score (nSPS) is 12.2. The molecule has 0 spiro atoms. The van der Waals surface area contributed by atoms with Gasteiger partial charge in [0.05, 0.1) is 6.61 Å². The zero-order valence-electron chi connectivity index (χ0n) is 22.3. The van der Waals surface area contributed by atoms with Gasteiger partial charge in [0.25, 0.3) is 0 Å². The minimum Gasteiger partial charge on any atom is -0.463 e. The molecular formula is C29H58O5. The summed E-state index contributed by atoms with van der Waals surface area (Å²) in [5.41, 5.74) is 0. The van der Waals surface area contributed by atoms with Crippen LogP contribution in [0.5, 0.6) is 0 Å². The van der Waals surface area contributed by atoms with E-state index in [1.807, 2.05) is 0 Å². The molecule has 0 aliphatic carbocycles. The van der Waals surface area contributed by atoms with E-state index in [2.05, 4.69) is 0 Å². The Balaban J connectivity index is 3.09. The number of rotatable bonds is 28. The summed E-state index contributed by atoms with van der Waals surface area (Å²) in [5, 5.41) is 26.6. The third kappa shape index (κ3) is 27.6. The number of hydrogen-bond acceptors (Lipinski definition) is 5. The van der Waals surface area contributed by atoms with Crippen LogP contribution in [0.1, 0.15) is 154 Å². The molecule has 1 atom stereocenters. The third-order valence-corrected chi connectivity index (χ3v) is 6.69. The highest BCUT2D eigenvalue weighted by molar-refractivity contribution is 5.69. The zero-order chi connectivity index (χ0) is 25.0. The fourth-order valence-corrected chi connectivity index (χ4v) is 4.41. The third-order valence-electron chi connectivity index (χ3n) is 6.69. The van der Waals surface area contributed by atoms with E-state index in [-0.39, 0.29) is 19.2 Å². The fourth-order valence-electron chi connectivity index (χ4n) is 4.41. The minimum absolute atomic E-state index is 0.107. The molecular weight excluding hydrogens is 428 g/mol. The Labute approximate surface area is 211 Å². The number of aliphatic hydroxyl groups excluding tert-OH is 3. The van der Waals surface area contributed by atoms with Gasteiger partial charge in [0.2, 0.25) is 0 Å². The topological polar surface area (TPSA) is 87.0 Å². The van der Waals surface area contributed by atoms with Crippen LogP contribution in [-0.4, -0.2) is 47.2 Å². The Hall–Kier alpha value is -0.650. The Bertz CT molecular complexity index is 402. The molecule has 0 amide bonds. The van der Waals surface area contributed by atoms with Crippen LogP contribution in [0, 0.1) is 0 Å². The quantitative estimate of drug-likeness (QED) is 0.0801. The number of aliphatic hydroxyl groups is 3. The largest absolute Gasteiger partial charge is 0.463 e. The molecule has 0 rings (SSSR count).